The van der Waals surface area contributed by atoms with E-state index in [1.54, 1.807) is 6.20 Å². The average Bonchev–Trinajstić information content (AvgIpc) is 3.44. The van der Waals surface area contributed by atoms with E-state index in [2.05, 4.69) is 37.2 Å². The van der Waals surface area contributed by atoms with Crippen LogP contribution in [0.15, 0.2) is 33.9 Å². The second-order valence-corrected chi connectivity index (χ2v) is 8.18. The first kappa shape index (κ1) is 23.9. The molecule has 0 aromatic carbocycles. The van der Waals surface area contributed by atoms with Gasteiger partial charge in [-0.15, -0.1) is 24.0 Å². The van der Waals surface area contributed by atoms with E-state index in [-0.39, 0.29) is 24.0 Å². The molecule has 2 aromatic rings. The highest BCUT2D eigenvalue weighted by atomic mass is 127. The van der Waals surface area contributed by atoms with Crippen molar-refractivity contribution in [3.63, 3.8) is 0 Å². The zero-order chi connectivity index (χ0) is 20.6. The molecule has 1 N–H and O–H groups in total. The van der Waals surface area contributed by atoms with E-state index in [0.717, 1.165) is 31.5 Å². The number of aromatic nitrogens is 3. The van der Waals surface area contributed by atoms with E-state index < -0.39 is 0 Å². The molecule has 4 rings (SSSR count). The van der Waals surface area contributed by atoms with Gasteiger partial charge in [0, 0.05) is 45.3 Å². The lowest BCUT2D eigenvalue weighted by Gasteiger charge is -2.29. The molecule has 0 bridgehead atoms. The van der Waals surface area contributed by atoms with Gasteiger partial charge in [-0.3, -0.25) is 9.98 Å². The molecule has 2 aromatic heterocycles. The van der Waals surface area contributed by atoms with E-state index in [9.17, 15) is 0 Å². The van der Waals surface area contributed by atoms with Gasteiger partial charge in [-0.05, 0) is 57.3 Å². The number of guanidine groups is 1. The van der Waals surface area contributed by atoms with Crippen molar-refractivity contribution in [2.45, 2.75) is 39.0 Å². The lowest BCUT2D eigenvalue weighted by molar-refractivity contribution is 0.198. The van der Waals surface area contributed by atoms with Gasteiger partial charge in [0.25, 0.3) is 5.89 Å². The van der Waals surface area contributed by atoms with Crippen molar-refractivity contribution in [3.05, 3.63) is 30.2 Å². The number of halogens is 1. The summed E-state index contributed by atoms with van der Waals surface area (Å²) in [6.45, 7) is 9.58. The summed E-state index contributed by atoms with van der Waals surface area (Å²) in [5, 5.41) is 7.53. The first-order valence-corrected chi connectivity index (χ1v) is 11.3. The predicted molar refractivity (Wildman–Crippen MR) is 133 cm³/mol. The van der Waals surface area contributed by atoms with Crippen LogP contribution in [-0.2, 0) is 6.42 Å². The second-order valence-electron chi connectivity index (χ2n) is 8.18. The fourth-order valence-electron chi connectivity index (χ4n) is 4.32. The summed E-state index contributed by atoms with van der Waals surface area (Å²) >= 11 is 0. The Morgan fingerprint density at radius 1 is 1.23 bits per heavy atom. The van der Waals surface area contributed by atoms with Gasteiger partial charge in [0.1, 0.15) is 5.69 Å². The molecule has 0 spiro atoms. The van der Waals surface area contributed by atoms with Crippen LogP contribution in [0, 0.1) is 5.92 Å². The molecule has 9 heteroatoms. The number of pyridine rings is 1. The molecule has 2 aliphatic heterocycles. The number of rotatable bonds is 7. The zero-order valence-electron chi connectivity index (χ0n) is 18.4. The summed E-state index contributed by atoms with van der Waals surface area (Å²) in [5.74, 6) is 2.87. The minimum Gasteiger partial charge on any atom is -0.357 e. The van der Waals surface area contributed by atoms with E-state index in [4.69, 9.17) is 9.52 Å². The normalized spacial score (nSPS) is 20.0. The summed E-state index contributed by atoms with van der Waals surface area (Å²) in [6, 6.07) is 5.65. The Balaban J connectivity index is 0.00000272. The van der Waals surface area contributed by atoms with Gasteiger partial charge >= 0.3 is 0 Å². The van der Waals surface area contributed by atoms with E-state index in [0.29, 0.717) is 30.4 Å². The first-order chi connectivity index (χ1) is 14.8. The second kappa shape index (κ2) is 12.3. The number of likely N-dealkylation sites (tertiary alicyclic amines) is 2. The highest BCUT2D eigenvalue weighted by Gasteiger charge is 2.27. The van der Waals surface area contributed by atoms with Crippen LogP contribution in [0.25, 0.3) is 11.6 Å². The maximum Gasteiger partial charge on any atom is 0.276 e. The van der Waals surface area contributed by atoms with E-state index in [1.165, 1.54) is 45.3 Å². The predicted octanol–water partition coefficient (Wildman–Crippen LogP) is 3.07. The largest absolute Gasteiger partial charge is 0.357 e. The van der Waals surface area contributed by atoms with Gasteiger partial charge in [-0.25, -0.2) is 0 Å². The molecule has 2 aliphatic rings. The summed E-state index contributed by atoms with van der Waals surface area (Å²) in [4.78, 5) is 18.6. The average molecular weight is 539 g/mol. The zero-order valence-corrected chi connectivity index (χ0v) is 20.7. The van der Waals surface area contributed by atoms with Crippen LogP contribution < -0.4 is 5.32 Å². The third kappa shape index (κ3) is 6.86. The fourth-order valence-corrected chi connectivity index (χ4v) is 4.32. The molecule has 8 nitrogen and oxygen atoms in total. The summed E-state index contributed by atoms with van der Waals surface area (Å²) in [5.41, 5.74) is 0.699. The molecule has 1 unspecified atom stereocenters. The molecule has 170 valence electrons. The molecule has 0 amide bonds. The van der Waals surface area contributed by atoms with Crippen molar-refractivity contribution in [1.82, 2.24) is 30.2 Å². The molecular weight excluding hydrogens is 505 g/mol. The smallest absolute Gasteiger partial charge is 0.276 e. The van der Waals surface area contributed by atoms with Crippen LogP contribution in [0.2, 0.25) is 0 Å². The van der Waals surface area contributed by atoms with Crippen molar-refractivity contribution in [1.29, 1.82) is 0 Å². The van der Waals surface area contributed by atoms with E-state index >= 15 is 0 Å². The molecule has 1 atom stereocenters. The summed E-state index contributed by atoms with van der Waals surface area (Å²) in [6.07, 6.45) is 7.74. The van der Waals surface area contributed by atoms with Crippen LogP contribution in [0.5, 0.6) is 0 Å². The van der Waals surface area contributed by atoms with Crippen LogP contribution in [0.3, 0.4) is 0 Å². The first-order valence-electron chi connectivity index (χ1n) is 11.3. The van der Waals surface area contributed by atoms with Gasteiger partial charge < -0.3 is 19.6 Å². The molecule has 4 heterocycles. The van der Waals surface area contributed by atoms with Gasteiger partial charge in [0.2, 0.25) is 0 Å². The van der Waals surface area contributed by atoms with Crippen LogP contribution in [0.1, 0.15) is 38.4 Å². The number of piperidine rings is 1. The van der Waals surface area contributed by atoms with Crippen molar-refractivity contribution in [2.75, 3.05) is 45.8 Å². The number of nitrogens with zero attached hydrogens (tertiary/aromatic N) is 6. The van der Waals surface area contributed by atoms with Gasteiger partial charge in [-0.1, -0.05) is 17.6 Å². The Bertz CT molecular complexity index is 807. The van der Waals surface area contributed by atoms with Crippen molar-refractivity contribution in [2.24, 2.45) is 10.9 Å². The van der Waals surface area contributed by atoms with Gasteiger partial charge in [0.05, 0.1) is 0 Å². The Kier molecular flexibility index (Phi) is 9.51. The molecule has 2 fully saturated rings. The molecule has 31 heavy (non-hydrogen) atoms. The highest BCUT2D eigenvalue weighted by Crippen LogP contribution is 2.20. The number of hydrogen-bond acceptors (Lipinski definition) is 6. The third-order valence-electron chi connectivity index (χ3n) is 5.83. The van der Waals surface area contributed by atoms with Crippen molar-refractivity contribution < 1.29 is 4.52 Å². The Morgan fingerprint density at radius 2 is 2.10 bits per heavy atom. The molecule has 0 radical (unpaired) electrons. The quantitative estimate of drug-likeness (QED) is 0.329. The SMILES string of the molecule is CCNC(=NCCc1noc(-c2ccccn2)n1)N1CCC(CN2CCCCC2)C1.I. The topological polar surface area (TPSA) is 82.7 Å². The summed E-state index contributed by atoms with van der Waals surface area (Å²) < 4.78 is 5.34. The summed E-state index contributed by atoms with van der Waals surface area (Å²) in [7, 11) is 0. The maximum absolute atomic E-state index is 5.34. The number of nitrogens with one attached hydrogen (secondary N) is 1. The lowest BCUT2D eigenvalue weighted by atomic mass is 10.1. The standard InChI is InChI=1S/C22H33N7O.HI/c1-2-23-22(29-15-10-18(17-29)16-28-13-6-3-7-14-28)25-12-9-20-26-21(30-27-20)19-8-4-5-11-24-19;/h4-5,8,11,18H,2-3,6-7,9-10,12-17H2,1H3,(H,23,25);1H. The monoisotopic (exact) mass is 539 g/mol. The third-order valence-corrected chi connectivity index (χ3v) is 5.83. The van der Waals surface area contributed by atoms with Crippen LogP contribution in [0.4, 0.5) is 0 Å². The molecule has 0 saturated carbocycles. The van der Waals surface area contributed by atoms with E-state index in [1.807, 2.05) is 18.2 Å². The maximum atomic E-state index is 5.34. The van der Waals surface area contributed by atoms with Crippen molar-refractivity contribution >= 4 is 29.9 Å². The Labute approximate surface area is 201 Å². The highest BCUT2D eigenvalue weighted by molar-refractivity contribution is 14.0. The fraction of sp³-hybridized carbons (Fsp3) is 0.636. The Hall–Kier alpha value is -1.75. The Morgan fingerprint density at radius 3 is 2.87 bits per heavy atom. The minimum absolute atomic E-state index is 0. The molecular formula is C22H34IN7O. The molecule has 2 saturated heterocycles. The number of hydrogen-bond donors (Lipinski definition) is 1. The minimum atomic E-state index is 0. The lowest BCUT2D eigenvalue weighted by Crippen LogP contribution is -2.41. The number of aliphatic imine (C=N–C) groups is 1. The van der Waals surface area contributed by atoms with Gasteiger partial charge in [-0.2, -0.15) is 4.98 Å². The van der Waals surface area contributed by atoms with Crippen LogP contribution in [-0.4, -0.2) is 76.7 Å². The van der Waals surface area contributed by atoms with Crippen molar-refractivity contribution in [3.8, 4) is 11.6 Å². The van der Waals surface area contributed by atoms with Crippen LogP contribution >= 0.6 is 24.0 Å². The molecule has 0 aliphatic carbocycles. The van der Waals surface area contributed by atoms with Gasteiger partial charge in [0.15, 0.2) is 11.8 Å².